The second kappa shape index (κ2) is 4.77. The first-order chi connectivity index (χ1) is 8.06. The van der Waals surface area contributed by atoms with Crippen molar-refractivity contribution < 1.29 is 9.90 Å². The van der Waals surface area contributed by atoms with Gasteiger partial charge in [0, 0.05) is 16.5 Å². The van der Waals surface area contributed by atoms with E-state index in [9.17, 15) is 4.79 Å². The lowest BCUT2D eigenvalue weighted by Crippen LogP contribution is -1.97. The van der Waals surface area contributed by atoms with E-state index in [2.05, 4.69) is 9.97 Å². The second-order valence-corrected chi connectivity index (χ2v) is 4.30. The molecule has 1 heterocycles. The summed E-state index contributed by atoms with van der Waals surface area (Å²) in [7, 11) is 0. The third kappa shape index (κ3) is 2.78. The lowest BCUT2D eigenvalue weighted by molar-refractivity contribution is 0.0691. The van der Waals surface area contributed by atoms with Crippen LogP contribution in [0.1, 0.15) is 21.9 Å². The van der Waals surface area contributed by atoms with Crippen LogP contribution >= 0.6 is 23.2 Å². The zero-order chi connectivity index (χ0) is 12.4. The number of carboxylic acids is 1. The Morgan fingerprint density at radius 2 is 2.18 bits per heavy atom. The summed E-state index contributed by atoms with van der Waals surface area (Å²) in [6.07, 6.45) is 1.71. The van der Waals surface area contributed by atoms with Crippen LogP contribution in [0.3, 0.4) is 0 Å². The van der Waals surface area contributed by atoms with Crippen molar-refractivity contribution in [1.29, 1.82) is 0 Å². The summed E-state index contributed by atoms with van der Waals surface area (Å²) >= 11 is 11.8. The number of hydrogen-bond donors (Lipinski definition) is 2. The molecule has 0 radical (unpaired) electrons. The first-order valence-corrected chi connectivity index (χ1v) is 5.53. The summed E-state index contributed by atoms with van der Waals surface area (Å²) in [6, 6.07) is 5.15. The molecule has 0 fully saturated rings. The van der Waals surface area contributed by atoms with Crippen LogP contribution in [-0.4, -0.2) is 21.0 Å². The molecule has 0 aliphatic carbocycles. The van der Waals surface area contributed by atoms with Crippen LogP contribution in [0.4, 0.5) is 0 Å². The predicted octanol–water partition coefficient (Wildman–Crippen LogP) is 3.01. The van der Waals surface area contributed by atoms with Crippen molar-refractivity contribution in [3.63, 3.8) is 0 Å². The summed E-state index contributed by atoms with van der Waals surface area (Å²) in [5, 5.41) is 9.83. The van der Waals surface area contributed by atoms with Gasteiger partial charge in [0.05, 0.1) is 6.20 Å². The van der Waals surface area contributed by atoms with E-state index < -0.39 is 5.97 Å². The molecule has 0 saturated carbocycles. The molecule has 4 nitrogen and oxygen atoms in total. The molecule has 17 heavy (non-hydrogen) atoms. The maximum Gasteiger partial charge on any atom is 0.353 e. The van der Waals surface area contributed by atoms with Gasteiger partial charge in [-0.3, -0.25) is 0 Å². The lowest BCUT2D eigenvalue weighted by atomic mass is 10.1. The molecule has 2 N–H and O–H groups in total. The van der Waals surface area contributed by atoms with Gasteiger partial charge < -0.3 is 10.1 Å². The van der Waals surface area contributed by atoms with Gasteiger partial charge in [0.2, 0.25) is 0 Å². The van der Waals surface area contributed by atoms with Gasteiger partial charge >= 0.3 is 5.97 Å². The van der Waals surface area contributed by atoms with Crippen molar-refractivity contribution in [3.8, 4) is 0 Å². The van der Waals surface area contributed by atoms with Gasteiger partial charge in [-0.1, -0.05) is 29.3 Å². The molecule has 1 aromatic heterocycles. The smallest absolute Gasteiger partial charge is 0.353 e. The number of carboxylic acid groups (broad SMARTS) is 1. The number of aromatic amines is 1. The van der Waals surface area contributed by atoms with Crippen molar-refractivity contribution in [2.75, 3.05) is 0 Å². The maximum atomic E-state index is 10.7. The van der Waals surface area contributed by atoms with Crippen molar-refractivity contribution in [3.05, 3.63) is 51.5 Å². The minimum atomic E-state index is -1.04. The van der Waals surface area contributed by atoms with Crippen LogP contribution in [0.15, 0.2) is 24.4 Å². The Hall–Kier alpha value is -1.52. The third-order valence-electron chi connectivity index (χ3n) is 2.23. The van der Waals surface area contributed by atoms with E-state index >= 15 is 0 Å². The molecule has 1 aromatic carbocycles. The molecule has 88 valence electrons. The van der Waals surface area contributed by atoms with Crippen LogP contribution < -0.4 is 0 Å². The number of carbonyl (C=O) groups is 1. The van der Waals surface area contributed by atoms with Crippen LogP contribution in [0.2, 0.25) is 10.0 Å². The molecule has 6 heteroatoms. The summed E-state index contributed by atoms with van der Waals surface area (Å²) in [4.78, 5) is 17.3. The van der Waals surface area contributed by atoms with Gasteiger partial charge in [0.1, 0.15) is 11.5 Å². The normalized spacial score (nSPS) is 10.5. The van der Waals surface area contributed by atoms with Gasteiger partial charge in [0.25, 0.3) is 0 Å². The fourth-order valence-electron chi connectivity index (χ4n) is 1.41. The first-order valence-electron chi connectivity index (χ1n) is 4.77. The molecule has 2 rings (SSSR count). The number of benzene rings is 1. The molecular formula is C11H8Cl2N2O2. The minimum Gasteiger partial charge on any atom is -0.477 e. The van der Waals surface area contributed by atoms with E-state index in [4.69, 9.17) is 28.3 Å². The molecule has 0 aliphatic heterocycles. The molecule has 0 atom stereocenters. The highest BCUT2D eigenvalue weighted by atomic mass is 35.5. The number of rotatable bonds is 3. The lowest BCUT2D eigenvalue weighted by Gasteiger charge is -2.02. The predicted molar refractivity (Wildman–Crippen MR) is 64.8 cm³/mol. The Kier molecular flexibility index (Phi) is 3.36. The van der Waals surface area contributed by atoms with Crippen molar-refractivity contribution >= 4 is 29.2 Å². The first kappa shape index (κ1) is 12.0. The van der Waals surface area contributed by atoms with Gasteiger partial charge in [-0.2, -0.15) is 0 Å². The molecule has 0 unspecified atom stereocenters. The van der Waals surface area contributed by atoms with E-state index in [0.29, 0.717) is 22.3 Å². The molecule has 0 saturated heterocycles. The second-order valence-electron chi connectivity index (χ2n) is 3.46. The number of halogens is 2. The van der Waals surface area contributed by atoms with Gasteiger partial charge in [-0.25, -0.2) is 9.78 Å². The number of aromatic nitrogens is 2. The minimum absolute atomic E-state index is 0.0603. The third-order valence-corrected chi connectivity index (χ3v) is 2.82. The Balaban J connectivity index is 2.22. The Morgan fingerprint density at radius 3 is 2.76 bits per heavy atom. The standard InChI is InChI=1S/C11H8Cl2N2O2/c12-7-2-1-6(8(13)4-7)3-10-14-5-9(15-10)11(16)17/h1-2,4-5H,3H2,(H,14,15)(H,16,17). The molecule has 0 aliphatic rings. The topological polar surface area (TPSA) is 66.0 Å². The van der Waals surface area contributed by atoms with E-state index in [1.165, 1.54) is 6.20 Å². The summed E-state index contributed by atoms with van der Waals surface area (Å²) in [5.41, 5.74) is 0.896. The van der Waals surface area contributed by atoms with Crippen LogP contribution in [0.5, 0.6) is 0 Å². The Morgan fingerprint density at radius 1 is 1.41 bits per heavy atom. The van der Waals surface area contributed by atoms with Crippen molar-refractivity contribution in [2.45, 2.75) is 6.42 Å². The number of imidazole rings is 1. The highest BCUT2D eigenvalue weighted by Crippen LogP contribution is 2.22. The summed E-state index contributed by atoms with van der Waals surface area (Å²) in [5.74, 6) is -0.488. The van der Waals surface area contributed by atoms with E-state index in [0.717, 1.165) is 5.56 Å². The SMILES string of the molecule is O=C(O)c1cnc(Cc2ccc(Cl)cc2Cl)[nH]1. The highest BCUT2D eigenvalue weighted by Gasteiger charge is 2.09. The average Bonchev–Trinajstić information content (AvgIpc) is 2.71. The average molecular weight is 271 g/mol. The van der Waals surface area contributed by atoms with E-state index in [1.807, 2.05) is 0 Å². The van der Waals surface area contributed by atoms with Crippen molar-refractivity contribution in [1.82, 2.24) is 9.97 Å². The summed E-state index contributed by atoms with van der Waals surface area (Å²) in [6.45, 7) is 0. The van der Waals surface area contributed by atoms with Crippen molar-refractivity contribution in [2.24, 2.45) is 0 Å². The Labute approximate surface area is 107 Å². The fourth-order valence-corrected chi connectivity index (χ4v) is 1.88. The molecule has 0 amide bonds. The molecule has 2 aromatic rings. The van der Waals surface area contributed by atoms with E-state index in [1.54, 1.807) is 18.2 Å². The quantitative estimate of drug-likeness (QED) is 0.901. The van der Waals surface area contributed by atoms with E-state index in [-0.39, 0.29) is 5.69 Å². The molecule has 0 spiro atoms. The van der Waals surface area contributed by atoms with Gasteiger partial charge in [0.15, 0.2) is 0 Å². The molecular weight excluding hydrogens is 263 g/mol. The highest BCUT2D eigenvalue weighted by molar-refractivity contribution is 6.35. The zero-order valence-corrected chi connectivity index (χ0v) is 10.1. The maximum absolute atomic E-state index is 10.7. The Bertz CT molecular complexity index is 566. The summed E-state index contributed by atoms with van der Waals surface area (Å²) < 4.78 is 0. The zero-order valence-electron chi connectivity index (χ0n) is 8.58. The largest absolute Gasteiger partial charge is 0.477 e. The van der Waals surface area contributed by atoms with Crippen LogP contribution in [0.25, 0.3) is 0 Å². The number of hydrogen-bond acceptors (Lipinski definition) is 2. The number of H-pyrrole nitrogens is 1. The van der Waals surface area contributed by atoms with Crippen LogP contribution in [-0.2, 0) is 6.42 Å². The number of nitrogens with zero attached hydrogens (tertiary/aromatic N) is 1. The fraction of sp³-hybridized carbons (Fsp3) is 0.0909. The number of nitrogens with one attached hydrogen (secondary N) is 1. The van der Waals surface area contributed by atoms with Gasteiger partial charge in [-0.15, -0.1) is 0 Å². The number of aromatic carboxylic acids is 1. The van der Waals surface area contributed by atoms with Gasteiger partial charge in [-0.05, 0) is 17.7 Å². The van der Waals surface area contributed by atoms with Crippen LogP contribution in [0, 0.1) is 0 Å². The molecule has 0 bridgehead atoms. The monoisotopic (exact) mass is 270 g/mol.